The van der Waals surface area contributed by atoms with Crippen molar-refractivity contribution in [2.45, 2.75) is 19.8 Å². The van der Waals surface area contributed by atoms with Gasteiger partial charge in [-0.1, -0.05) is 18.2 Å². The molecule has 16 heavy (non-hydrogen) atoms. The normalized spacial score (nSPS) is 10.7. The minimum absolute atomic E-state index is 0.158. The number of allylic oxidation sites excluding steroid dienone is 1. The molecule has 86 valence electrons. The van der Waals surface area contributed by atoms with Crippen molar-refractivity contribution in [3.63, 3.8) is 0 Å². The van der Waals surface area contributed by atoms with Crippen LogP contribution in [0.3, 0.4) is 0 Å². The molecule has 0 spiro atoms. The molecule has 0 radical (unpaired) electrons. The average molecular weight is 222 g/mol. The molecule has 0 amide bonds. The molecule has 0 aliphatic heterocycles. The summed E-state index contributed by atoms with van der Waals surface area (Å²) in [4.78, 5) is 10.7. The smallest absolute Gasteiger partial charge is 0.165 e. The van der Waals surface area contributed by atoms with Gasteiger partial charge in [-0.3, -0.25) is 0 Å². The number of rotatable bonds is 5. The molecule has 0 saturated heterocycles. The maximum atomic E-state index is 13.3. The maximum Gasteiger partial charge on any atom is 0.165 e. The van der Waals surface area contributed by atoms with Gasteiger partial charge in [0.25, 0.3) is 0 Å². The molecule has 0 N–H and O–H groups in total. The van der Waals surface area contributed by atoms with Crippen LogP contribution in [0.15, 0.2) is 24.3 Å². The highest BCUT2D eigenvalue weighted by atomic mass is 19.1. The second-order valence-corrected chi connectivity index (χ2v) is 3.54. The van der Waals surface area contributed by atoms with E-state index in [0.29, 0.717) is 12.8 Å². The Morgan fingerprint density at radius 3 is 2.81 bits per heavy atom. The summed E-state index contributed by atoms with van der Waals surface area (Å²) in [6.07, 6.45) is 4.87. The van der Waals surface area contributed by atoms with Crippen LogP contribution in [0.4, 0.5) is 4.39 Å². The molecule has 0 aromatic heterocycles. The van der Waals surface area contributed by atoms with E-state index in [1.54, 1.807) is 25.1 Å². The predicted octanol–water partition coefficient (Wildman–Crippen LogP) is 3.22. The second kappa shape index (κ2) is 6.05. The van der Waals surface area contributed by atoms with Gasteiger partial charge in [-0.25, -0.2) is 4.39 Å². The minimum Gasteiger partial charge on any atom is -0.494 e. The van der Waals surface area contributed by atoms with E-state index in [9.17, 15) is 9.18 Å². The standard InChI is InChI=1S/C13H15FO2/c1-10(15)5-3-4-6-11-7-8-13(16-2)12(14)9-11/h4,6-9H,3,5H2,1-2H3/b6-4+. The van der Waals surface area contributed by atoms with Crippen molar-refractivity contribution in [3.8, 4) is 5.75 Å². The molecular formula is C13H15FO2. The zero-order valence-electron chi connectivity index (χ0n) is 9.50. The van der Waals surface area contributed by atoms with Crippen LogP contribution >= 0.6 is 0 Å². The summed E-state index contributed by atoms with van der Waals surface area (Å²) in [5, 5.41) is 0. The van der Waals surface area contributed by atoms with Crippen LogP contribution in [0.2, 0.25) is 0 Å². The molecule has 1 aromatic rings. The van der Waals surface area contributed by atoms with Gasteiger partial charge >= 0.3 is 0 Å². The third-order valence-electron chi connectivity index (χ3n) is 2.15. The van der Waals surface area contributed by atoms with Crippen molar-refractivity contribution >= 4 is 11.9 Å². The molecule has 1 aromatic carbocycles. The maximum absolute atomic E-state index is 13.3. The average Bonchev–Trinajstić information content (AvgIpc) is 2.24. The summed E-state index contributed by atoms with van der Waals surface area (Å²) in [6.45, 7) is 1.56. The molecule has 0 unspecified atom stereocenters. The highest BCUT2D eigenvalue weighted by Crippen LogP contribution is 2.18. The van der Waals surface area contributed by atoms with Gasteiger partial charge < -0.3 is 9.53 Å². The zero-order valence-corrected chi connectivity index (χ0v) is 9.50. The van der Waals surface area contributed by atoms with E-state index < -0.39 is 0 Å². The fraction of sp³-hybridized carbons (Fsp3) is 0.308. The lowest BCUT2D eigenvalue weighted by molar-refractivity contribution is -0.116. The Morgan fingerprint density at radius 1 is 1.50 bits per heavy atom. The van der Waals surface area contributed by atoms with Crippen molar-refractivity contribution in [1.82, 2.24) is 0 Å². The number of hydrogen-bond donors (Lipinski definition) is 0. The molecule has 0 bridgehead atoms. The highest BCUT2D eigenvalue weighted by Gasteiger charge is 2.00. The van der Waals surface area contributed by atoms with Gasteiger partial charge in [-0.05, 0) is 31.0 Å². The van der Waals surface area contributed by atoms with Crippen molar-refractivity contribution in [3.05, 3.63) is 35.7 Å². The first-order chi connectivity index (χ1) is 7.63. The number of methoxy groups -OCH3 is 1. The van der Waals surface area contributed by atoms with Crippen molar-refractivity contribution in [1.29, 1.82) is 0 Å². The van der Waals surface area contributed by atoms with E-state index in [2.05, 4.69) is 0 Å². The van der Waals surface area contributed by atoms with Crippen LogP contribution < -0.4 is 4.74 Å². The fourth-order valence-electron chi connectivity index (χ4n) is 1.29. The minimum atomic E-state index is -0.379. The number of benzene rings is 1. The Balaban J connectivity index is 2.61. The summed E-state index contributed by atoms with van der Waals surface area (Å²) < 4.78 is 18.1. The first-order valence-electron chi connectivity index (χ1n) is 5.13. The quantitative estimate of drug-likeness (QED) is 0.764. The molecule has 0 heterocycles. The largest absolute Gasteiger partial charge is 0.494 e. The number of Topliss-reactive ketones (excluding diaryl/α,β-unsaturated/α-hetero) is 1. The monoisotopic (exact) mass is 222 g/mol. The molecule has 0 aliphatic rings. The van der Waals surface area contributed by atoms with Crippen LogP contribution in [0, 0.1) is 5.82 Å². The summed E-state index contributed by atoms with van der Waals surface area (Å²) in [5.74, 6) is 0.0164. The number of hydrogen-bond acceptors (Lipinski definition) is 2. The number of carbonyl (C=O) groups is 1. The van der Waals surface area contributed by atoms with Gasteiger partial charge in [0.15, 0.2) is 11.6 Å². The van der Waals surface area contributed by atoms with Gasteiger partial charge in [-0.2, -0.15) is 0 Å². The van der Waals surface area contributed by atoms with Crippen molar-refractivity contribution in [2.24, 2.45) is 0 Å². The highest BCUT2D eigenvalue weighted by molar-refractivity contribution is 5.75. The third kappa shape index (κ3) is 3.85. The van der Waals surface area contributed by atoms with Crippen LogP contribution in [0.1, 0.15) is 25.3 Å². The van der Waals surface area contributed by atoms with Crippen LogP contribution in [-0.2, 0) is 4.79 Å². The molecule has 2 nitrogen and oxygen atoms in total. The molecule has 1 rings (SSSR count). The fourth-order valence-corrected chi connectivity index (χ4v) is 1.29. The molecule has 0 atom stereocenters. The van der Waals surface area contributed by atoms with Gasteiger partial charge in [0.05, 0.1) is 7.11 Å². The summed E-state index contributed by atoms with van der Waals surface area (Å²) in [7, 11) is 1.43. The first kappa shape index (κ1) is 12.4. The third-order valence-corrected chi connectivity index (χ3v) is 2.15. The lowest BCUT2D eigenvalue weighted by Gasteiger charge is -2.01. The Labute approximate surface area is 94.7 Å². The van der Waals surface area contributed by atoms with E-state index in [-0.39, 0.29) is 17.3 Å². The summed E-state index contributed by atoms with van der Waals surface area (Å²) in [5.41, 5.74) is 0.766. The van der Waals surface area contributed by atoms with E-state index in [0.717, 1.165) is 5.56 Å². The Hall–Kier alpha value is -1.64. The van der Waals surface area contributed by atoms with Gasteiger partial charge in [0, 0.05) is 6.42 Å². The topological polar surface area (TPSA) is 26.3 Å². The van der Waals surface area contributed by atoms with Crippen LogP contribution in [0.5, 0.6) is 5.75 Å². The number of ether oxygens (including phenoxy) is 1. The molecule has 0 aliphatic carbocycles. The van der Waals surface area contributed by atoms with Gasteiger partial charge in [0.1, 0.15) is 5.78 Å². The Morgan fingerprint density at radius 2 is 2.25 bits per heavy atom. The SMILES string of the molecule is COc1ccc(/C=C/CCC(C)=O)cc1F. The van der Waals surface area contributed by atoms with Crippen molar-refractivity contribution in [2.75, 3.05) is 7.11 Å². The summed E-state index contributed by atoms with van der Waals surface area (Å²) in [6, 6.07) is 4.76. The second-order valence-electron chi connectivity index (χ2n) is 3.54. The Kier molecular flexibility index (Phi) is 4.70. The van der Waals surface area contributed by atoms with E-state index in [4.69, 9.17) is 4.74 Å². The number of carbonyl (C=O) groups excluding carboxylic acids is 1. The van der Waals surface area contributed by atoms with Gasteiger partial charge in [0.2, 0.25) is 0 Å². The molecule has 0 saturated carbocycles. The molecular weight excluding hydrogens is 207 g/mol. The number of ketones is 1. The van der Waals surface area contributed by atoms with Crippen LogP contribution in [0.25, 0.3) is 6.08 Å². The lowest BCUT2D eigenvalue weighted by atomic mass is 10.1. The predicted molar refractivity (Wildman–Crippen MR) is 61.9 cm³/mol. The lowest BCUT2D eigenvalue weighted by Crippen LogP contribution is -1.88. The first-order valence-corrected chi connectivity index (χ1v) is 5.13. The summed E-state index contributed by atoms with van der Waals surface area (Å²) >= 11 is 0. The Bertz CT molecular complexity index is 397. The zero-order chi connectivity index (χ0) is 12.0. The van der Waals surface area contributed by atoms with Crippen molar-refractivity contribution < 1.29 is 13.9 Å². The van der Waals surface area contributed by atoms with Gasteiger partial charge in [-0.15, -0.1) is 0 Å². The van der Waals surface area contributed by atoms with E-state index >= 15 is 0 Å². The van der Waals surface area contributed by atoms with Crippen LogP contribution in [-0.4, -0.2) is 12.9 Å². The van der Waals surface area contributed by atoms with E-state index in [1.807, 2.05) is 6.08 Å². The molecule has 3 heteroatoms. The number of halogens is 1. The molecule has 0 fully saturated rings. The van der Waals surface area contributed by atoms with E-state index in [1.165, 1.54) is 13.2 Å².